The molecule has 0 saturated carbocycles. The Morgan fingerprint density at radius 3 is 1.97 bits per heavy atom. The van der Waals surface area contributed by atoms with Crippen LogP contribution >= 0.6 is 31.5 Å². The summed E-state index contributed by atoms with van der Waals surface area (Å²) >= 11 is 1.64. The van der Waals surface area contributed by atoms with Crippen LogP contribution in [-0.2, 0) is 23.4 Å². The minimum absolute atomic E-state index is 0.194. The standard InChI is InChI=1S/C23H24N2O3S2.2ClH.Fe/c1-15-13-16(2)23(17(3)14-15)24-18(4)21-11-12-22(29-21)19(5)25-30(26,27)28-20-9-7-6-8-10-20;;;/h6-14H,1-5H3;2*1H;/q;;;+2/p-2/b24-18?,25-19+;;;. The van der Waals surface area contributed by atoms with Crippen molar-refractivity contribution in [1.82, 2.24) is 0 Å². The van der Waals surface area contributed by atoms with E-state index in [0.29, 0.717) is 5.71 Å². The molecule has 0 aliphatic carbocycles. The molecule has 0 N–H and O–H groups in total. The Labute approximate surface area is 214 Å². The van der Waals surface area contributed by atoms with Gasteiger partial charge in [0.2, 0.25) is 0 Å². The van der Waals surface area contributed by atoms with Crippen LogP contribution in [-0.4, -0.2) is 19.8 Å². The van der Waals surface area contributed by atoms with E-state index in [-0.39, 0.29) is 18.9 Å². The van der Waals surface area contributed by atoms with Crippen molar-refractivity contribution in [2.24, 2.45) is 9.39 Å². The van der Waals surface area contributed by atoms with E-state index in [1.807, 2.05) is 19.1 Å². The van der Waals surface area contributed by atoms with Crippen molar-refractivity contribution >= 4 is 58.9 Å². The van der Waals surface area contributed by atoms with Crippen LogP contribution in [0.2, 0.25) is 0 Å². The average Bonchev–Trinajstić information content (AvgIpc) is 3.22. The van der Waals surface area contributed by atoms with Crippen molar-refractivity contribution in [2.45, 2.75) is 34.6 Å². The maximum absolute atomic E-state index is 12.2. The van der Waals surface area contributed by atoms with Crippen molar-refractivity contribution in [1.29, 1.82) is 0 Å². The number of rotatable bonds is 6. The van der Waals surface area contributed by atoms with Gasteiger partial charge in [0.05, 0.1) is 17.1 Å². The van der Waals surface area contributed by atoms with Crippen LogP contribution in [0.4, 0.5) is 5.69 Å². The fraction of sp³-hybridized carbons (Fsp3) is 0.217. The molecule has 178 valence electrons. The quantitative estimate of drug-likeness (QED) is 0.232. The van der Waals surface area contributed by atoms with E-state index >= 15 is 0 Å². The third-order valence-corrected chi connectivity index (χ3v) is 6.63. The van der Waals surface area contributed by atoms with Crippen LogP contribution in [0, 0.1) is 20.8 Å². The van der Waals surface area contributed by atoms with E-state index in [9.17, 15) is 8.42 Å². The van der Waals surface area contributed by atoms with Gasteiger partial charge in [-0.05, 0) is 70.0 Å². The Balaban J connectivity index is 0.00000122. The van der Waals surface area contributed by atoms with Crippen molar-refractivity contribution < 1.29 is 25.7 Å². The van der Waals surface area contributed by atoms with Crippen molar-refractivity contribution in [2.75, 3.05) is 0 Å². The molecule has 0 atom stereocenters. The average molecular weight is 567 g/mol. The number of aryl methyl sites for hydroxylation is 3. The van der Waals surface area contributed by atoms with Gasteiger partial charge in [0.1, 0.15) is 5.75 Å². The van der Waals surface area contributed by atoms with Crippen LogP contribution in [0.15, 0.2) is 64.0 Å². The first-order valence-corrected chi connectivity index (χ1v) is 14.9. The van der Waals surface area contributed by atoms with E-state index in [0.717, 1.165) is 32.3 Å². The summed E-state index contributed by atoms with van der Waals surface area (Å²) in [4.78, 5) is 6.52. The molecular formula is C23H24Cl2FeN2O3S2. The van der Waals surface area contributed by atoms with Crippen molar-refractivity contribution in [3.8, 4) is 5.75 Å². The number of nitrogens with zero attached hydrogens (tertiary/aromatic N) is 2. The Morgan fingerprint density at radius 2 is 1.42 bits per heavy atom. The van der Waals surface area contributed by atoms with E-state index in [1.54, 1.807) is 37.3 Å². The summed E-state index contributed by atoms with van der Waals surface area (Å²) in [5.41, 5.74) is 5.69. The molecule has 0 amide bonds. The first-order valence-electron chi connectivity index (χ1n) is 9.71. The number of thiophene rings is 1. The van der Waals surface area contributed by atoms with Crippen LogP contribution < -0.4 is 4.18 Å². The first kappa shape index (κ1) is 27.6. The fourth-order valence-corrected chi connectivity index (χ4v) is 4.91. The zero-order valence-electron chi connectivity index (χ0n) is 18.7. The van der Waals surface area contributed by atoms with Crippen molar-refractivity contribution in [3.63, 3.8) is 0 Å². The van der Waals surface area contributed by atoms with Gasteiger partial charge in [-0.1, -0.05) is 35.9 Å². The second kappa shape index (κ2) is 12.7. The molecule has 1 heterocycles. The molecule has 0 bridgehead atoms. The molecule has 0 saturated heterocycles. The molecule has 0 fully saturated rings. The SMILES string of the molecule is CC(=Nc1c(C)cc(C)cc1C)c1ccc(/C(C)=N/S(=O)(=O)Oc2ccccc2)s1.[Cl][Fe][Cl]. The number of aliphatic imine (C=N–C) groups is 1. The summed E-state index contributed by atoms with van der Waals surface area (Å²) in [6.07, 6.45) is 0. The zero-order chi connectivity index (χ0) is 24.6. The van der Waals surface area contributed by atoms with Gasteiger partial charge in [0.15, 0.2) is 0 Å². The fourth-order valence-electron chi connectivity index (χ4n) is 3.13. The second-order valence-electron chi connectivity index (χ2n) is 7.16. The predicted molar refractivity (Wildman–Crippen MR) is 137 cm³/mol. The summed E-state index contributed by atoms with van der Waals surface area (Å²) in [7, 11) is 5.44. The van der Waals surface area contributed by atoms with E-state index < -0.39 is 10.3 Å². The topological polar surface area (TPSA) is 68.1 Å². The number of benzene rings is 2. The molecule has 2 aromatic carbocycles. The van der Waals surface area contributed by atoms with Crippen LogP contribution in [0.5, 0.6) is 5.75 Å². The predicted octanol–water partition coefficient (Wildman–Crippen LogP) is 7.32. The van der Waals surface area contributed by atoms with Gasteiger partial charge in [0, 0.05) is 9.75 Å². The molecule has 10 heteroatoms. The summed E-state index contributed by atoms with van der Waals surface area (Å²) in [5, 5.41) is 0. The minimum atomic E-state index is -4.09. The molecule has 0 aliphatic rings. The molecule has 3 rings (SSSR count). The monoisotopic (exact) mass is 566 g/mol. The number of para-hydroxylation sites is 1. The van der Waals surface area contributed by atoms with Gasteiger partial charge in [-0.3, -0.25) is 4.99 Å². The van der Waals surface area contributed by atoms with Crippen LogP contribution in [0.3, 0.4) is 0 Å². The molecule has 0 radical (unpaired) electrons. The van der Waals surface area contributed by atoms with Gasteiger partial charge in [0.25, 0.3) is 0 Å². The van der Waals surface area contributed by atoms with Gasteiger partial charge >= 0.3 is 43.6 Å². The molecule has 33 heavy (non-hydrogen) atoms. The summed E-state index contributed by atoms with van der Waals surface area (Å²) in [6.45, 7) is 9.79. The summed E-state index contributed by atoms with van der Waals surface area (Å²) < 4.78 is 33.3. The Bertz CT molecular complexity index is 1230. The summed E-state index contributed by atoms with van der Waals surface area (Å²) in [6, 6.07) is 16.3. The van der Waals surface area contributed by atoms with Gasteiger partial charge in [-0.2, -0.15) is 8.42 Å². The van der Waals surface area contributed by atoms with Crippen LogP contribution in [0.25, 0.3) is 0 Å². The molecule has 0 unspecified atom stereocenters. The van der Waals surface area contributed by atoms with Crippen LogP contribution in [0.1, 0.15) is 40.3 Å². The second-order valence-corrected chi connectivity index (χ2v) is 11.3. The third-order valence-electron chi connectivity index (χ3n) is 4.43. The normalized spacial score (nSPS) is 12.3. The van der Waals surface area contributed by atoms with Gasteiger partial charge < -0.3 is 4.18 Å². The van der Waals surface area contributed by atoms with E-state index in [2.05, 4.69) is 37.3 Å². The molecule has 1 aromatic heterocycles. The van der Waals surface area contributed by atoms with Crippen molar-refractivity contribution in [3.05, 3.63) is 81.0 Å². The molecule has 3 aromatic rings. The van der Waals surface area contributed by atoms with Gasteiger partial charge in [-0.15, -0.1) is 15.7 Å². The number of hydrogen-bond acceptors (Lipinski definition) is 5. The number of halogens is 2. The molecule has 0 aliphatic heterocycles. The molecular weight excluding hydrogens is 543 g/mol. The zero-order valence-corrected chi connectivity index (χ0v) is 23.0. The molecule has 0 spiro atoms. The van der Waals surface area contributed by atoms with E-state index in [4.69, 9.17) is 29.4 Å². The first-order chi connectivity index (χ1) is 15.6. The Morgan fingerprint density at radius 1 is 0.909 bits per heavy atom. The van der Waals surface area contributed by atoms with E-state index in [1.165, 1.54) is 16.9 Å². The third kappa shape index (κ3) is 8.56. The molecule has 5 nitrogen and oxygen atoms in total. The Hall–Kier alpha value is -1.67. The number of hydrogen-bond donors (Lipinski definition) is 0. The summed E-state index contributed by atoms with van der Waals surface area (Å²) in [5.74, 6) is 0.229. The Kier molecular flexibility index (Phi) is 10.6. The maximum atomic E-state index is 12.2. The van der Waals surface area contributed by atoms with Gasteiger partial charge in [-0.25, -0.2) is 0 Å².